The Morgan fingerprint density at radius 3 is 2.93 bits per heavy atom. The number of carbonyl (C=O) groups is 1. The number of amides is 1. The third-order valence-corrected chi connectivity index (χ3v) is 6.41. The van der Waals surface area contributed by atoms with Crippen LogP contribution in [0.4, 0.5) is 5.13 Å². The van der Waals surface area contributed by atoms with Gasteiger partial charge in [0.2, 0.25) is 0 Å². The van der Waals surface area contributed by atoms with Gasteiger partial charge in [0, 0.05) is 30.5 Å². The van der Waals surface area contributed by atoms with E-state index in [1.807, 2.05) is 35.0 Å². The van der Waals surface area contributed by atoms with Crippen LogP contribution in [-0.4, -0.2) is 51.1 Å². The predicted molar refractivity (Wildman–Crippen MR) is 111 cm³/mol. The highest BCUT2D eigenvalue weighted by Gasteiger charge is 2.36. The molecule has 0 bridgehead atoms. The number of pyridine rings is 1. The van der Waals surface area contributed by atoms with Gasteiger partial charge in [-0.15, -0.1) is 11.3 Å². The minimum Gasteiger partial charge on any atom is -0.378 e. The summed E-state index contributed by atoms with van der Waals surface area (Å²) >= 11 is 1.49. The van der Waals surface area contributed by atoms with Crippen molar-refractivity contribution in [1.82, 2.24) is 19.4 Å². The molecule has 5 rings (SSSR count). The third kappa shape index (κ3) is 3.83. The molecule has 3 aromatic rings. The molecule has 29 heavy (non-hydrogen) atoms. The molecule has 0 spiro atoms. The fourth-order valence-corrected chi connectivity index (χ4v) is 4.81. The zero-order chi connectivity index (χ0) is 19.6. The van der Waals surface area contributed by atoms with Gasteiger partial charge in [0.25, 0.3) is 5.91 Å². The van der Waals surface area contributed by atoms with E-state index >= 15 is 0 Å². The van der Waals surface area contributed by atoms with Gasteiger partial charge in [-0.05, 0) is 49.2 Å². The van der Waals surface area contributed by atoms with E-state index in [-0.39, 0.29) is 5.91 Å². The molecule has 0 aliphatic carbocycles. The Labute approximate surface area is 173 Å². The molecule has 1 atom stereocenters. The maximum absolute atomic E-state index is 12.8. The number of hydrogen-bond donors (Lipinski definition) is 1. The number of hydrogen-bond acceptors (Lipinski definition) is 6. The van der Waals surface area contributed by atoms with E-state index in [1.165, 1.54) is 17.8 Å². The minimum absolute atomic E-state index is 0.138. The minimum atomic E-state index is -0.138. The highest BCUT2D eigenvalue weighted by molar-refractivity contribution is 7.14. The molecule has 0 aromatic carbocycles. The first-order valence-corrected chi connectivity index (χ1v) is 10.8. The van der Waals surface area contributed by atoms with Gasteiger partial charge in [-0.2, -0.15) is 0 Å². The van der Waals surface area contributed by atoms with Gasteiger partial charge < -0.3 is 9.30 Å². The lowest BCUT2D eigenvalue weighted by molar-refractivity contribution is -0.0700. The third-order valence-electron chi connectivity index (χ3n) is 5.63. The Morgan fingerprint density at radius 1 is 1.28 bits per heavy atom. The zero-order valence-electron chi connectivity index (χ0n) is 16.0. The Bertz CT molecular complexity index is 982. The molecule has 2 aliphatic rings. The van der Waals surface area contributed by atoms with Crippen LogP contribution in [0.5, 0.6) is 0 Å². The Kier molecular flexibility index (Phi) is 5.13. The van der Waals surface area contributed by atoms with Crippen LogP contribution in [0.25, 0.3) is 0 Å². The van der Waals surface area contributed by atoms with E-state index in [0.717, 1.165) is 37.4 Å². The molecule has 2 fully saturated rings. The average molecular weight is 410 g/mol. The zero-order valence-corrected chi connectivity index (χ0v) is 16.8. The lowest BCUT2D eigenvalue weighted by Crippen LogP contribution is -2.48. The SMILES string of the molecule is O=C(Nc1nc(C2CCCN2C2COC2)cs1)c1cccn1Cc1ccncc1. The molecule has 5 heterocycles. The highest BCUT2D eigenvalue weighted by Crippen LogP contribution is 2.36. The monoisotopic (exact) mass is 409 g/mol. The van der Waals surface area contributed by atoms with E-state index in [9.17, 15) is 4.79 Å². The number of thiazole rings is 1. The van der Waals surface area contributed by atoms with Crippen molar-refractivity contribution in [3.63, 3.8) is 0 Å². The van der Waals surface area contributed by atoms with Crippen LogP contribution in [0.2, 0.25) is 0 Å². The van der Waals surface area contributed by atoms with Crippen molar-refractivity contribution in [1.29, 1.82) is 0 Å². The lowest BCUT2D eigenvalue weighted by atomic mass is 10.1. The topological polar surface area (TPSA) is 72.3 Å². The van der Waals surface area contributed by atoms with Gasteiger partial charge in [0.05, 0.1) is 31.0 Å². The number of aromatic nitrogens is 3. The number of nitrogens with one attached hydrogen (secondary N) is 1. The van der Waals surface area contributed by atoms with Gasteiger partial charge in [0.15, 0.2) is 5.13 Å². The van der Waals surface area contributed by atoms with Gasteiger partial charge in [0.1, 0.15) is 5.69 Å². The Morgan fingerprint density at radius 2 is 2.14 bits per heavy atom. The van der Waals surface area contributed by atoms with Crippen LogP contribution in [0.3, 0.4) is 0 Å². The fraction of sp³-hybridized carbons (Fsp3) is 0.381. The van der Waals surface area contributed by atoms with Crippen molar-refractivity contribution in [2.75, 3.05) is 25.1 Å². The van der Waals surface area contributed by atoms with Crippen molar-refractivity contribution < 1.29 is 9.53 Å². The maximum atomic E-state index is 12.8. The molecule has 1 unspecified atom stereocenters. The largest absolute Gasteiger partial charge is 0.378 e. The smallest absolute Gasteiger partial charge is 0.274 e. The number of likely N-dealkylation sites (tertiary alicyclic amines) is 1. The maximum Gasteiger partial charge on any atom is 0.274 e. The van der Waals surface area contributed by atoms with E-state index < -0.39 is 0 Å². The van der Waals surface area contributed by atoms with Crippen LogP contribution in [0, 0.1) is 0 Å². The lowest BCUT2D eigenvalue weighted by Gasteiger charge is -2.37. The van der Waals surface area contributed by atoms with Crippen molar-refractivity contribution in [2.45, 2.75) is 31.5 Å². The summed E-state index contributed by atoms with van der Waals surface area (Å²) in [6, 6.07) is 8.48. The molecular weight excluding hydrogens is 386 g/mol. The summed E-state index contributed by atoms with van der Waals surface area (Å²) in [6.07, 6.45) is 7.74. The summed E-state index contributed by atoms with van der Waals surface area (Å²) in [6.45, 7) is 3.36. The molecule has 150 valence electrons. The predicted octanol–water partition coefficient (Wildman–Crippen LogP) is 3.18. The number of rotatable bonds is 6. The second-order valence-electron chi connectivity index (χ2n) is 7.50. The standard InChI is InChI=1S/C21H23N5O2S/c27-20(19-4-1-9-25(19)11-15-5-7-22-8-6-15)24-21-23-17(14-29-21)18-3-2-10-26(18)16-12-28-13-16/h1,4-9,14,16,18H,2-3,10-13H2,(H,23,24,27). The average Bonchev–Trinajstić information content (AvgIpc) is 3.42. The van der Waals surface area contributed by atoms with Gasteiger partial charge in [-0.1, -0.05) is 0 Å². The van der Waals surface area contributed by atoms with E-state index in [1.54, 1.807) is 12.4 Å². The van der Waals surface area contributed by atoms with Crippen molar-refractivity contribution in [3.05, 3.63) is 65.2 Å². The molecule has 0 radical (unpaired) electrons. The van der Waals surface area contributed by atoms with Crippen LogP contribution >= 0.6 is 11.3 Å². The molecule has 3 aromatic heterocycles. The first-order valence-electron chi connectivity index (χ1n) is 9.92. The van der Waals surface area contributed by atoms with Gasteiger partial charge in [-0.25, -0.2) is 4.98 Å². The van der Waals surface area contributed by atoms with Gasteiger partial charge >= 0.3 is 0 Å². The number of ether oxygens (including phenoxy) is 1. The first-order chi connectivity index (χ1) is 14.3. The van der Waals surface area contributed by atoms with Crippen molar-refractivity contribution >= 4 is 22.4 Å². The second kappa shape index (κ2) is 8.06. The summed E-state index contributed by atoms with van der Waals surface area (Å²) in [5, 5.41) is 5.71. The van der Waals surface area contributed by atoms with E-state index in [4.69, 9.17) is 9.72 Å². The summed E-state index contributed by atoms with van der Waals surface area (Å²) in [5.74, 6) is -0.138. The summed E-state index contributed by atoms with van der Waals surface area (Å²) in [4.78, 5) is 24.1. The van der Waals surface area contributed by atoms with Crippen molar-refractivity contribution in [2.24, 2.45) is 0 Å². The van der Waals surface area contributed by atoms with Crippen LogP contribution in [-0.2, 0) is 11.3 Å². The molecule has 8 heteroatoms. The summed E-state index contributed by atoms with van der Waals surface area (Å²) < 4.78 is 7.30. The van der Waals surface area contributed by atoms with Gasteiger partial charge in [-0.3, -0.25) is 20.0 Å². The fourth-order valence-electron chi connectivity index (χ4n) is 4.06. The molecule has 2 aliphatic heterocycles. The number of anilines is 1. The van der Waals surface area contributed by atoms with E-state index in [0.29, 0.717) is 29.5 Å². The summed E-state index contributed by atoms with van der Waals surface area (Å²) in [5.41, 5.74) is 2.78. The van der Waals surface area contributed by atoms with Crippen LogP contribution in [0.15, 0.2) is 48.2 Å². The molecule has 1 amide bonds. The second-order valence-corrected chi connectivity index (χ2v) is 8.35. The molecule has 0 saturated carbocycles. The highest BCUT2D eigenvalue weighted by atomic mass is 32.1. The van der Waals surface area contributed by atoms with E-state index in [2.05, 4.69) is 20.6 Å². The Balaban J connectivity index is 1.27. The van der Waals surface area contributed by atoms with Crippen LogP contribution in [0.1, 0.15) is 40.6 Å². The summed E-state index contributed by atoms with van der Waals surface area (Å²) in [7, 11) is 0. The molecule has 2 saturated heterocycles. The molecular formula is C21H23N5O2S. The molecule has 1 N–H and O–H groups in total. The first kappa shape index (κ1) is 18.5. The molecule has 7 nitrogen and oxygen atoms in total. The number of carbonyl (C=O) groups excluding carboxylic acids is 1. The normalized spacial score (nSPS) is 19.9. The Hall–Kier alpha value is -2.55. The van der Waals surface area contributed by atoms with Crippen molar-refractivity contribution in [3.8, 4) is 0 Å². The quantitative estimate of drug-likeness (QED) is 0.677. The van der Waals surface area contributed by atoms with Crippen LogP contribution < -0.4 is 5.32 Å². The number of nitrogens with zero attached hydrogens (tertiary/aromatic N) is 4.